The number of benzene rings is 1. The Labute approximate surface area is 202 Å². The highest BCUT2D eigenvalue weighted by atomic mass is 16.5. The van der Waals surface area contributed by atoms with E-state index in [1.54, 1.807) is 13.2 Å². The number of pyridine rings is 1. The number of rotatable bonds is 10. The van der Waals surface area contributed by atoms with Gasteiger partial charge in [0.1, 0.15) is 12.3 Å². The lowest BCUT2D eigenvalue weighted by Gasteiger charge is -2.32. The summed E-state index contributed by atoms with van der Waals surface area (Å²) >= 11 is 0. The van der Waals surface area contributed by atoms with Crippen LogP contribution < -0.4 is 5.56 Å². The van der Waals surface area contributed by atoms with Crippen molar-refractivity contribution in [2.45, 2.75) is 53.4 Å². The third-order valence-corrected chi connectivity index (χ3v) is 5.82. The fraction of sp³-hybridized carbons (Fsp3) is 0.400. The Morgan fingerprint density at radius 2 is 2.06 bits per heavy atom. The van der Waals surface area contributed by atoms with E-state index in [2.05, 4.69) is 39.3 Å². The summed E-state index contributed by atoms with van der Waals surface area (Å²) in [7, 11) is 0. The van der Waals surface area contributed by atoms with E-state index in [1.807, 2.05) is 43.3 Å². The van der Waals surface area contributed by atoms with Crippen LogP contribution in [-0.2, 0) is 29.2 Å². The maximum absolute atomic E-state index is 13.0. The smallest absolute Gasteiger partial charge is 0.327 e. The average Bonchev–Trinajstić information content (AvgIpc) is 3.47. The molecule has 0 fully saturated rings. The van der Waals surface area contributed by atoms with Crippen molar-refractivity contribution in [3.8, 4) is 0 Å². The second kappa shape index (κ2) is 10.6. The zero-order chi connectivity index (χ0) is 24.9. The van der Waals surface area contributed by atoms with Gasteiger partial charge in [-0.05, 0) is 65.4 Å². The van der Waals surface area contributed by atoms with Crippen molar-refractivity contribution in [1.82, 2.24) is 30.1 Å². The van der Waals surface area contributed by atoms with Gasteiger partial charge in [0.2, 0.25) is 0 Å². The van der Waals surface area contributed by atoms with Crippen LogP contribution in [0.25, 0.3) is 10.9 Å². The summed E-state index contributed by atoms with van der Waals surface area (Å²) in [6, 6.07) is 11.3. The van der Waals surface area contributed by atoms with E-state index in [9.17, 15) is 9.59 Å². The highest BCUT2D eigenvalue weighted by Crippen LogP contribution is 2.30. The number of furan rings is 1. The number of nitrogens with zero attached hydrogens (tertiary/aromatic N) is 5. The van der Waals surface area contributed by atoms with Gasteiger partial charge < -0.3 is 14.1 Å². The standard InChI is InChI=1S/C25H30N6O4/c1-5-34-22(32)15-31-24(27-28-29-31)23(16(2)3)30(14-20-7-6-10-35-20)13-19-12-18-9-8-17(4)11-21(18)26-25(19)33/h6-12,16,23H,5,13-15H2,1-4H3,(H,26,33)/t23-/m1/s1. The van der Waals surface area contributed by atoms with Crippen LogP contribution in [0.15, 0.2) is 51.9 Å². The second-order valence-electron chi connectivity index (χ2n) is 8.89. The van der Waals surface area contributed by atoms with E-state index in [-0.39, 0.29) is 30.7 Å². The van der Waals surface area contributed by atoms with Crippen LogP contribution in [0, 0.1) is 12.8 Å². The van der Waals surface area contributed by atoms with E-state index in [1.165, 1.54) is 4.68 Å². The van der Waals surface area contributed by atoms with E-state index in [4.69, 9.17) is 9.15 Å². The minimum Gasteiger partial charge on any atom is -0.468 e. The first-order valence-electron chi connectivity index (χ1n) is 11.7. The van der Waals surface area contributed by atoms with Crippen molar-refractivity contribution in [2.24, 2.45) is 5.92 Å². The van der Waals surface area contributed by atoms with Crippen LogP contribution in [0.1, 0.15) is 49.5 Å². The fourth-order valence-electron chi connectivity index (χ4n) is 4.30. The van der Waals surface area contributed by atoms with Crippen LogP contribution in [0.2, 0.25) is 0 Å². The van der Waals surface area contributed by atoms with E-state index in [0.29, 0.717) is 24.5 Å². The number of hydrogen-bond acceptors (Lipinski definition) is 8. The Morgan fingerprint density at radius 3 is 2.77 bits per heavy atom. The van der Waals surface area contributed by atoms with Crippen LogP contribution in [-0.4, -0.2) is 42.7 Å². The summed E-state index contributed by atoms with van der Waals surface area (Å²) in [5.74, 6) is 0.905. The van der Waals surface area contributed by atoms with E-state index in [0.717, 1.165) is 22.2 Å². The number of aromatic nitrogens is 5. The van der Waals surface area contributed by atoms with Crippen LogP contribution in [0.3, 0.4) is 0 Å². The third-order valence-electron chi connectivity index (χ3n) is 5.82. The molecule has 10 nitrogen and oxygen atoms in total. The van der Waals surface area contributed by atoms with Crippen molar-refractivity contribution >= 4 is 16.9 Å². The molecule has 0 saturated heterocycles. The van der Waals surface area contributed by atoms with Gasteiger partial charge in [-0.15, -0.1) is 5.10 Å². The molecule has 10 heteroatoms. The molecule has 184 valence electrons. The Morgan fingerprint density at radius 1 is 1.23 bits per heavy atom. The molecule has 1 N–H and O–H groups in total. The van der Waals surface area contributed by atoms with Gasteiger partial charge in [0, 0.05) is 17.6 Å². The van der Waals surface area contributed by atoms with Gasteiger partial charge in [0.05, 0.1) is 25.5 Å². The molecule has 0 aliphatic rings. The molecule has 0 saturated carbocycles. The monoisotopic (exact) mass is 478 g/mol. The molecule has 0 radical (unpaired) electrons. The Hall–Kier alpha value is -3.79. The number of carbonyl (C=O) groups excluding carboxylic acids is 1. The molecular formula is C25H30N6O4. The average molecular weight is 479 g/mol. The van der Waals surface area contributed by atoms with Crippen molar-refractivity contribution in [1.29, 1.82) is 0 Å². The molecule has 3 aromatic heterocycles. The Kier molecular flexibility index (Phi) is 7.40. The van der Waals surface area contributed by atoms with Crippen molar-refractivity contribution in [3.05, 3.63) is 75.7 Å². The molecule has 0 spiro atoms. The van der Waals surface area contributed by atoms with E-state index < -0.39 is 5.97 Å². The van der Waals surface area contributed by atoms with Crippen LogP contribution >= 0.6 is 0 Å². The topological polar surface area (TPSA) is 119 Å². The van der Waals surface area contributed by atoms with Crippen molar-refractivity contribution in [2.75, 3.05) is 6.61 Å². The molecule has 3 heterocycles. The van der Waals surface area contributed by atoms with Crippen molar-refractivity contribution < 1.29 is 13.9 Å². The first-order valence-corrected chi connectivity index (χ1v) is 11.7. The number of ether oxygens (including phenoxy) is 1. The number of carbonyl (C=O) groups is 1. The van der Waals surface area contributed by atoms with Gasteiger partial charge in [-0.25, -0.2) is 4.68 Å². The number of aryl methyl sites for hydroxylation is 1. The molecule has 0 aliphatic heterocycles. The molecule has 0 amide bonds. The zero-order valence-corrected chi connectivity index (χ0v) is 20.4. The van der Waals surface area contributed by atoms with Gasteiger partial charge in [0.25, 0.3) is 5.56 Å². The number of esters is 1. The lowest BCUT2D eigenvalue weighted by molar-refractivity contribution is -0.144. The fourth-order valence-corrected chi connectivity index (χ4v) is 4.30. The molecule has 0 unspecified atom stereocenters. The minimum atomic E-state index is -0.414. The molecule has 1 aromatic carbocycles. The highest BCUT2D eigenvalue weighted by molar-refractivity contribution is 5.79. The summed E-state index contributed by atoms with van der Waals surface area (Å²) < 4.78 is 12.2. The van der Waals surface area contributed by atoms with Gasteiger partial charge in [-0.1, -0.05) is 26.0 Å². The number of aromatic amines is 1. The number of H-pyrrole nitrogens is 1. The van der Waals surface area contributed by atoms with Gasteiger partial charge in [-0.3, -0.25) is 14.5 Å². The largest absolute Gasteiger partial charge is 0.468 e. The number of hydrogen-bond donors (Lipinski definition) is 1. The van der Waals surface area contributed by atoms with Gasteiger partial charge >= 0.3 is 5.97 Å². The Bertz CT molecular complexity index is 1340. The summed E-state index contributed by atoms with van der Waals surface area (Å²) in [4.78, 5) is 30.3. The maximum atomic E-state index is 13.0. The molecule has 0 aliphatic carbocycles. The lowest BCUT2D eigenvalue weighted by atomic mass is 10.00. The number of nitrogens with one attached hydrogen (secondary N) is 1. The van der Waals surface area contributed by atoms with Crippen molar-refractivity contribution in [3.63, 3.8) is 0 Å². The quantitative estimate of drug-likeness (QED) is 0.345. The normalized spacial score (nSPS) is 12.5. The predicted molar refractivity (Wildman–Crippen MR) is 129 cm³/mol. The van der Waals surface area contributed by atoms with E-state index >= 15 is 0 Å². The first kappa shape index (κ1) is 24.3. The summed E-state index contributed by atoms with van der Waals surface area (Å²) in [5, 5.41) is 13.1. The molecule has 4 rings (SSSR count). The van der Waals surface area contributed by atoms with Gasteiger partial charge in [0.15, 0.2) is 5.82 Å². The van der Waals surface area contributed by atoms with Crippen LogP contribution in [0.5, 0.6) is 0 Å². The van der Waals surface area contributed by atoms with Gasteiger partial charge in [-0.2, -0.15) is 0 Å². The summed E-state index contributed by atoms with van der Waals surface area (Å²) in [6.45, 7) is 8.78. The predicted octanol–water partition coefficient (Wildman–Crippen LogP) is 3.38. The minimum absolute atomic E-state index is 0.0547. The number of tetrazole rings is 1. The highest BCUT2D eigenvalue weighted by Gasteiger charge is 2.31. The maximum Gasteiger partial charge on any atom is 0.327 e. The zero-order valence-electron chi connectivity index (χ0n) is 20.4. The Balaban J connectivity index is 1.73. The molecule has 0 bridgehead atoms. The lowest BCUT2D eigenvalue weighted by Crippen LogP contribution is -2.35. The second-order valence-corrected chi connectivity index (χ2v) is 8.89. The SMILES string of the molecule is CCOC(=O)Cn1nnnc1[C@@H](C(C)C)N(Cc1ccco1)Cc1cc2ccc(C)cc2[nH]c1=O. The molecular weight excluding hydrogens is 448 g/mol. The molecule has 4 aromatic rings. The van der Waals surface area contributed by atoms with Crippen LogP contribution in [0.4, 0.5) is 0 Å². The number of fused-ring (bicyclic) bond motifs is 1. The molecule has 1 atom stereocenters. The third kappa shape index (κ3) is 5.65. The first-order chi connectivity index (χ1) is 16.9. The molecule has 35 heavy (non-hydrogen) atoms. The summed E-state index contributed by atoms with van der Waals surface area (Å²) in [5.41, 5.74) is 2.34. The summed E-state index contributed by atoms with van der Waals surface area (Å²) in [6.07, 6.45) is 1.62.